The average molecular weight is 425 g/mol. The summed E-state index contributed by atoms with van der Waals surface area (Å²) in [7, 11) is 0. The van der Waals surface area contributed by atoms with Crippen molar-refractivity contribution in [1.82, 2.24) is 5.32 Å². The molecule has 0 saturated carbocycles. The van der Waals surface area contributed by atoms with Gasteiger partial charge in [0, 0.05) is 0 Å². The molecule has 3 aromatic rings. The van der Waals surface area contributed by atoms with Gasteiger partial charge in [-0.15, -0.1) is 0 Å². The van der Waals surface area contributed by atoms with Crippen LogP contribution >= 0.6 is 35.0 Å². The summed E-state index contributed by atoms with van der Waals surface area (Å²) in [5.74, 6) is -0.186. The first-order valence-corrected chi connectivity index (χ1v) is 10.1. The van der Waals surface area contributed by atoms with Crippen molar-refractivity contribution in [3.05, 3.63) is 93.3 Å². The summed E-state index contributed by atoms with van der Waals surface area (Å²) in [5.41, 5.74) is 3.75. The topological polar surface area (TPSA) is 41.5 Å². The lowest BCUT2D eigenvalue weighted by Gasteiger charge is -2.02. The third-order valence-corrected chi connectivity index (χ3v) is 5.84. The summed E-state index contributed by atoms with van der Waals surface area (Å²) in [4.78, 5) is 17.3. The number of nitrogens with one attached hydrogen (secondary N) is 1. The van der Waals surface area contributed by atoms with Crippen LogP contribution in [0.3, 0.4) is 0 Å². The van der Waals surface area contributed by atoms with Gasteiger partial charge in [0.1, 0.15) is 0 Å². The number of nitrogens with zero attached hydrogens (tertiary/aromatic N) is 1. The highest BCUT2D eigenvalue weighted by Crippen LogP contribution is 2.34. The first kappa shape index (κ1) is 18.8. The highest BCUT2D eigenvalue weighted by molar-refractivity contribution is 8.18. The molecule has 4 rings (SSSR count). The van der Waals surface area contributed by atoms with Crippen molar-refractivity contribution in [3.8, 4) is 11.1 Å². The van der Waals surface area contributed by atoms with Crippen LogP contribution in [0.15, 0.2) is 82.7 Å². The summed E-state index contributed by atoms with van der Waals surface area (Å²) >= 11 is 13.5. The van der Waals surface area contributed by atoms with Crippen LogP contribution in [0.5, 0.6) is 0 Å². The van der Waals surface area contributed by atoms with Crippen LogP contribution in [0.25, 0.3) is 17.2 Å². The molecular formula is C22H14Cl2N2OS. The quantitative estimate of drug-likeness (QED) is 0.484. The number of thioether (sulfide) groups is 1. The third-order valence-electron chi connectivity index (χ3n) is 4.12. The number of amidine groups is 1. The molecule has 6 heteroatoms. The van der Waals surface area contributed by atoms with Crippen LogP contribution in [-0.2, 0) is 4.79 Å². The molecule has 138 valence electrons. The summed E-state index contributed by atoms with van der Waals surface area (Å²) < 4.78 is 0. The minimum Gasteiger partial charge on any atom is -0.300 e. The standard InChI is InChI=1S/C22H14Cl2N2OS/c23-17-7-4-8-18(20(17)24)25-22-26-21(27)19(28-22)13-14-9-11-16(12-10-14)15-5-2-1-3-6-15/h1-13H,(H,25,26,27)/b19-13+. The van der Waals surface area contributed by atoms with Crippen molar-refractivity contribution < 1.29 is 4.79 Å². The number of carbonyl (C=O) groups is 1. The lowest BCUT2D eigenvalue weighted by atomic mass is 10.0. The van der Waals surface area contributed by atoms with Gasteiger partial charge in [0.15, 0.2) is 5.17 Å². The van der Waals surface area contributed by atoms with Crippen LogP contribution in [-0.4, -0.2) is 11.1 Å². The maximum absolute atomic E-state index is 12.3. The molecular weight excluding hydrogens is 411 g/mol. The molecule has 28 heavy (non-hydrogen) atoms. The first-order valence-electron chi connectivity index (χ1n) is 8.49. The highest BCUT2D eigenvalue weighted by atomic mass is 35.5. The lowest BCUT2D eigenvalue weighted by molar-refractivity contribution is -0.115. The van der Waals surface area contributed by atoms with Crippen LogP contribution in [0.1, 0.15) is 5.56 Å². The van der Waals surface area contributed by atoms with Gasteiger partial charge in [-0.1, -0.05) is 83.9 Å². The van der Waals surface area contributed by atoms with Gasteiger partial charge in [0.05, 0.1) is 20.6 Å². The van der Waals surface area contributed by atoms with Crippen molar-refractivity contribution in [2.24, 2.45) is 4.99 Å². The van der Waals surface area contributed by atoms with E-state index in [1.807, 2.05) is 48.5 Å². The summed E-state index contributed by atoms with van der Waals surface area (Å²) in [6.07, 6.45) is 1.84. The first-order chi connectivity index (χ1) is 13.6. The van der Waals surface area contributed by atoms with E-state index in [-0.39, 0.29) is 5.91 Å². The van der Waals surface area contributed by atoms with E-state index < -0.39 is 0 Å². The van der Waals surface area contributed by atoms with E-state index in [4.69, 9.17) is 23.2 Å². The summed E-state index contributed by atoms with van der Waals surface area (Å²) in [6, 6.07) is 23.4. The number of aliphatic imine (C=N–C) groups is 1. The van der Waals surface area contributed by atoms with Crippen LogP contribution in [0.2, 0.25) is 10.0 Å². The maximum Gasteiger partial charge on any atom is 0.264 e. The predicted molar refractivity (Wildman–Crippen MR) is 119 cm³/mol. The second-order valence-corrected chi connectivity index (χ2v) is 7.86. The Balaban J connectivity index is 1.55. The third kappa shape index (κ3) is 4.14. The van der Waals surface area contributed by atoms with Crippen molar-refractivity contribution in [3.63, 3.8) is 0 Å². The predicted octanol–water partition coefficient (Wildman–Crippen LogP) is 6.55. The van der Waals surface area contributed by atoms with Gasteiger partial charge >= 0.3 is 0 Å². The smallest absolute Gasteiger partial charge is 0.264 e. The molecule has 3 nitrogen and oxygen atoms in total. The van der Waals surface area contributed by atoms with Gasteiger partial charge in [-0.2, -0.15) is 0 Å². The molecule has 1 aliphatic rings. The Morgan fingerprint density at radius 2 is 1.57 bits per heavy atom. The molecule has 0 radical (unpaired) electrons. The fraction of sp³-hybridized carbons (Fsp3) is 0. The molecule has 0 unspecified atom stereocenters. The van der Waals surface area contributed by atoms with E-state index >= 15 is 0 Å². The summed E-state index contributed by atoms with van der Waals surface area (Å²) in [5, 5.41) is 4.02. The number of halogens is 2. The van der Waals surface area contributed by atoms with Gasteiger partial charge in [-0.3, -0.25) is 4.79 Å². The number of hydrogen-bond donors (Lipinski definition) is 1. The Kier molecular flexibility index (Phi) is 5.53. The minimum atomic E-state index is -0.186. The lowest BCUT2D eigenvalue weighted by Crippen LogP contribution is -2.19. The Bertz CT molecular complexity index is 1090. The van der Waals surface area contributed by atoms with E-state index in [9.17, 15) is 4.79 Å². The molecule has 1 aliphatic heterocycles. The zero-order valence-corrected chi connectivity index (χ0v) is 16.9. The maximum atomic E-state index is 12.3. The fourth-order valence-corrected chi connectivity index (χ4v) is 3.90. The minimum absolute atomic E-state index is 0.186. The van der Waals surface area contributed by atoms with Gasteiger partial charge in [-0.05, 0) is 46.7 Å². The molecule has 3 aromatic carbocycles. The second-order valence-electron chi connectivity index (χ2n) is 6.04. The number of benzene rings is 3. The van der Waals surface area contributed by atoms with Gasteiger partial charge in [-0.25, -0.2) is 4.99 Å². The normalized spacial score (nSPS) is 16.6. The molecule has 1 fully saturated rings. The molecule has 0 aliphatic carbocycles. The SMILES string of the molecule is O=C1NC(=Nc2cccc(Cl)c2Cl)S/C1=C/c1ccc(-c2ccccc2)cc1. The van der Waals surface area contributed by atoms with Crippen LogP contribution in [0.4, 0.5) is 5.69 Å². The second kappa shape index (κ2) is 8.23. The Morgan fingerprint density at radius 1 is 0.857 bits per heavy atom. The van der Waals surface area contributed by atoms with Crippen molar-refractivity contribution in [2.75, 3.05) is 0 Å². The molecule has 1 amide bonds. The van der Waals surface area contributed by atoms with Crippen LogP contribution < -0.4 is 5.32 Å². The van der Waals surface area contributed by atoms with Gasteiger partial charge in [0.2, 0.25) is 0 Å². The van der Waals surface area contributed by atoms with Gasteiger partial charge in [0.25, 0.3) is 5.91 Å². The van der Waals surface area contributed by atoms with E-state index in [1.54, 1.807) is 18.2 Å². The highest BCUT2D eigenvalue weighted by Gasteiger charge is 2.24. The Hall–Kier alpha value is -2.53. The number of hydrogen-bond acceptors (Lipinski definition) is 3. The molecule has 0 bridgehead atoms. The Morgan fingerprint density at radius 3 is 2.32 bits per heavy atom. The van der Waals surface area contributed by atoms with Crippen molar-refractivity contribution >= 4 is 57.8 Å². The van der Waals surface area contributed by atoms with Crippen molar-refractivity contribution in [2.45, 2.75) is 0 Å². The van der Waals surface area contributed by atoms with E-state index in [2.05, 4.69) is 22.4 Å². The number of rotatable bonds is 3. The van der Waals surface area contributed by atoms with E-state index in [1.165, 1.54) is 11.8 Å². The van der Waals surface area contributed by atoms with E-state index in [0.717, 1.165) is 16.7 Å². The molecule has 0 spiro atoms. The van der Waals surface area contributed by atoms with Crippen molar-refractivity contribution in [1.29, 1.82) is 0 Å². The zero-order valence-electron chi connectivity index (χ0n) is 14.5. The van der Waals surface area contributed by atoms with E-state index in [0.29, 0.717) is 25.8 Å². The molecule has 1 saturated heterocycles. The zero-order chi connectivity index (χ0) is 19.5. The molecule has 1 heterocycles. The Labute approximate surface area is 177 Å². The fourth-order valence-electron chi connectivity index (χ4n) is 2.72. The molecule has 0 aromatic heterocycles. The summed E-state index contributed by atoms with van der Waals surface area (Å²) in [6.45, 7) is 0. The number of carbonyl (C=O) groups excluding carboxylic acids is 1. The monoisotopic (exact) mass is 424 g/mol. The molecule has 1 N–H and O–H groups in total. The largest absolute Gasteiger partial charge is 0.300 e. The average Bonchev–Trinajstić information content (AvgIpc) is 3.05. The van der Waals surface area contributed by atoms with Gasteiger partial charge < -0.3 is 5.32 Å². The van der Waals surface area contributed by atoms with Crippen LogP contribution in [0, 0.1) is 0 Å². The molecule has 0 atom stereocenters. The number of amides is 1.